The van der Waals surface area contributed by atoms with E-state index in [2.05, 4.69) is 47.0 Å². The smallest absolute Gasteiger partial charge is 0.193 e. The Bertz CT molecular complexity index is 732. The third-order valence-electron chi connectivity index (χ3n) is 4.31. The molecule has 2 atom stereocenters. The Balaban J connectivity index is 1.57. The highest BCUT2D eigenvalue weighted by Gasteiger charge is 2.22. The van der Waals surface area contributed by atoms with E-state index in [0.717, 1.165) is 30.2 Å². The summed E-state index contributed by atoms with van der Waals surface area (Å²) in [6.45, 7) is 8.46. The molecule has 0 spiro atoms. The molecule has 2 unspecified atom stereocenters. The van der Waals surface area contributed by atoms with Crippen molar-refractivity contribution in [1.82, 2.24) is 4.98 Å². The van der Waals surface area contributed by atoms with Gasteiger partial charge in [-0.3, -0.25) is 0 Å². The maximum absolute atomic E-state index is 5.97. The van der Waals surface area contributed by atoms with E-state index in [-0.39, 0.29) is 12.2 Å². The maximum Gasteiger partial charge on any atom is 0.193 e. The van der Waals surface area contributed by atoms with E-state index in [9.17, 15) is 0 Å². The van der Waals surface area contributed by atoms with Gasteiger partial charge in [-0.1, -0.05) is 23.8 Å². The van der Waals surface area contributed by atoms with E-state index in [1.807, 2.05) is 36.5 Å². The Morgan fingerprint density at radius 3 is 2.50 bits per heavy atom. The van der Waals surface area contributed by atoms with Gasteiger partial charge in [-0.25, -0.2) is 9.98 Å². The Morgan fingerprint density at radius 2 is 1.88 bits per heavy atom. The first-order valence-electron chi connectivity index (χ1n) is 8.98. The number of nitrogens with one attached hydrogen (secondary N) is 1. The van der Waals surface area contributed by atoms with Crippen LogP contribution in [-0.2, 0) is 11.3 Å². The van der Waals surface area contributed by atoms with Crippen LogP contribution in [0.3, 0.4) is 0 Å². The minimum absolute atomic E-state index is 0.220. The molecule has 0 amide bonds. The molecule has 2 aromatic rings. The van der Waals surface area contributed by atoms with Gasteiger partial charge in [0.2, 0.25) is 0 Å². The molecular weight excluding hydrogens is 326 g/mol. The van der Waals surface area contributed by atoms with Crippen molar-refractivity contribution < 1.29 is 4.74 Å². The molecule has 26 heavy (non-hydrogen) atoms. The summed E-state index contributed by atoms with van der Waals surface area (Å²) in [6, 6.07) is 12.1. The molecule has 2 heterocycles. The molecule has 0 bridgehead atoms. The van der Waals surface area contributed by atoms with Crippen LogP contribution in [0.25, 0.3) is 0 Å². The number of hydrogen-bond acceptors (Lipinski definition) is 4. The maximum atomic E-state index is 5.97. The van der Waals surface area contributed by atoms with Crippen molar-refractivity contribution in [3.8, 4) is 0 Å². The summed E-state index contributed by atoms with van der Waals surface area (Å²) in [6.07, 6.45) is 2.30. The molecule has 1 aliphatic heterocycles. The van der Waals surface area contributed by atoms with Crippen LogP contribution in [0.4, 0.5) is 11.5 Å². The monoisotopic (exact) mass is 353 g/mol. The largest absolute Gasteiger partial charge is 0.372 e. The van der Waals surface area contributed by atoms with Crippen LogP contribution in [0.5, 0.6) is 0 Å². The Morgan fingerprint density at radius 1 is 1.19 bits per heavy atom. The van der Waals surface area contributed by atoms with Crippen molar-refractivity contribution in [3.05, 3.63) is 53.7 Å². The van der Waals surface area contributed by atoms with Crippen LogP contribution >= 0.6 is 0 Å². The van der Waals surface area contributed by atoms with Crippen molar-refractivity contribution >= 4 is 17.5 Å². The molecule has 0 aliphatic carbocycles. The van der Waals surface area contributed by atoms with Crippen LogP contribution in [-0.4, -0.2) is 36.2 Å². The zero-order chi connectivity index (χ0) is 18.5. The summed E-state index contributed by atoms with van der Waals surface area (Å²) in [5, 5.41) is 3.10. The number of anilines is 2. The average molecular weight is 353 g/mol. The number of aryl methyl sites for hydroxylation is 1. The van der Waals surface area contributed by atoms with Crippen LogP contribution in [0, 0.1) is 6.92 Å². The standard InChI is InChI=1S/C20H27N5O/c1-14-4-7-18(8-5-14)24-20(21)23-11-17-6-9-19(22-10-17)25-12-15(2)26-16(3)13-25/h4-10,15-16H,11-13H2,1-3H3,(H3,21,23,24). The molecule has 3 N–H and O–H groups in total. The van der Waals surface area contributed by atoms with Gasteiger partial charge in [-0.2, -0.15) is 0 Å². The Kier molecular flexibility index (Phi) is 5.73. The number of morpholine rings is 1. The van der Waals surface area contributed by atoms with E-state index >= 15 is 0 Å². The zero-order valence-corrected chi connectivity index (χ0v) is 15.6. The molecule has 1 aromatic heterocycles. The predicted octanol–water partition coefficient (Wildman–Crippen LogP) is 2.93. The normalized spacial score (nSPS) is 20.9. The van der Waals surface area contributed by atoms with Gasteiger partial charge < -0.3 is 20.7 Å². The highest BCUT2D eigenvalue weighted by atomic mass is 16.5. The number of nitrogens with zero attached hydrogens (tertiary/aromatic N) is 3. The van der Waals surface area contributed by atoms with Crippen molar-refractivity contribution in [3.63, 3.8) is 0 Å². The van der Waals surface area contributed by atoms with Gasteiger partial charge in [0, 0.05) is 25.0 Å². The minimum Gasteiger partial charge on any atom is -0.372 e. The number of guanidine groups is 1. The summed E-state index contributed by atoms with van der Waals surface area (Å²) < 4.78 is 5.77. The molecule has 1 fully saturated rings. The lowest BCUT2D eigenvalue weighted by Gasteiger charge is -2.36. The van der Waals surface area contributed by atoms with Crippen LogP contribution < -0.4 is 16.0 Å². The van der Waals surface area contributed by atoms with E-state index < -0.39 is 0 Å². The zero-order valence-electron chi connectivity index (χ0n) is 15.6. The van der Waals surface area contributed by atoms with Crippen molar-refractivity contribution in [2.24, 2.45) is 10.7 Å². The van der Waals surface area contributed by atoms with Crippen molar-refractivity contribution in [2.45, 2.75) is 39.5 Å². The SMILES string of the molecule is Cc1ccc(NC(N)=NCc2ccc(N3CC(C)OC(C)C3)nc2)cc1. The van der Waals surface area contributed by atoms with E-state index in [1.165, 1.54) is 5.56 Å². The number of ether oxygens (including phenoxy) is 1. The lowest BCUT2D eigenvalue weighted by Crippen LogP contribution is -2.45. The molecule has 1 aromatic carbocycles. The summed E-state index contributed by atoms with van der Waals surface area (Å²) in [5.74, 6) is 1.37. The van der Waals surface area contributed by atoms with Gasteiger partial charge >= 0.3 is 0 Å². The predicted molar refractivity (Wildman–Crippen MR) is 107 cm³/mol. The third-order valence-corrected chi connectivity index (χ3v) is 4.31. The number of nitrogens with two attached hydrogens (primary N) is 1. The van der Waals surface area contributed by atoms with Gasteiger partial charge in [0.05, 0.1) is 18.8 Å². The van der Waals surface area contributed by atoms with E-state index in [0.29, 0.717) is 12.5 Å². The van der Waals surface area contributed by atoms with Gasteiger partial charge in [0.25, 0.3) is 0 Å². The fraction of sp³-hybridized carbons (Fsp3) is 0.400. The summed E-state index contributed by atoms with van der Waals surface area (Å²) in [7, 11) is 0. The number of rotatable bonds is 4. The van der Waals surface area contributed by atoms with Crippen molar-refractivity contribution in [1.29, 1.82) is 0 Å². The quantitative estimate of drug-likeness (QED) is 0.653. The third kappa shape index (κ3) is 4.95. The van der Waals surface area contributed by atoms with Gasteiger partial charge in [0.1, 0.15) is 5.82 Å². The lowest BCUT2D eigenvalue weighted by molar-refractivity contribution is -0.00545. The Hall–Kier alpha value is -2.60. The second kappa shape index (κ2) is 8.19. The first-order chi connectivity index (χ1) is 12.5. The molecule has 0 radical (unpaired) electrons. The summed E-state index contributed by atoms with van der Waals surface area (Å²) in [4.78, 5) is 11.2. The number of benzene rings is 1. The molecule has 6 nitrogen and oxygen atoms in total. The second-order valence-electron chi connectivity index (χ2n) is 6.88. The first kappa shape index (κ1) is 18.2. The minimum atomic E-state index is 0.220. The number of pyridine rings is 1. The lowest BCUT2D eigenvalue weighted by atomic mass is 10.2. The molecule has 0 saturated carbocycles. The molecular formula is C20H27N5O. The number of aliphatic imine (C=N–C) groups is 1. The van der Waals surface area contributed by atoms with Crippen LogP contribution in [0.1, 0.15) is 25.0 Å². The molecule has 3 rings (SSSR count). The number of hydrogen-bond donors (Lipinski definition) is 2. The van der Waals surface area contributed by atoms with Gasteiger partial charge in [-0.15, -0.1) is 0 Å². The highest BCUT2D eigenvalue weighted by molar-refractivity contribution is 5.92. The highest BCUT2D eigenvalue weighted by Crippen LogP contribution is 2.18. The topological polar surface area (TPSA) is 75.8 Å². The first-order valence-corrected chi connectivity index (χ1v) is 8.98. The van der Waals surface area contributed by atoms with Gasteiger partial charge in [0.15, 0.2) is 5.96 Å². The average Bonchev–Trinajstić information content (AvgIpc) is 2.61. The van der Waals surface area contributed by atoms with Crippen LogP contribution in [0.15, 0.2) is 47.6 Å². The fourth-order valence-electron chi connectivity index (χ4n) is 3.06. The van der Waals surface area contributed by atoms with Crippen LogP contribution in [0.2, 0.25) is 0 Å². The Labute approximate surface area is 155 Å². The molecule has 1 saturated heterocycles. The number of aromatic nitrogens is 1. The summed E-state index contributed by atoms with van der Waals surface area (Å²) >= 11 is 0. The molecule has 1 aliphatic rings. The van der Waals surface area contributed by atoms with E-state index in [4.69, 9.17) is 10.5 Å². The molecule has 6 heteroatoms. The van der Waals surface area contributed by atoms with Gasteiger partial charge in [-0.05, 0) is 44.5 Å². The fourth-order valence-corrected chi connectivity index (χ4v) is 3.06. The second-order valence-corrected chi connectivity index (χ2v) is 6.88. The van der Waals surface area contributed by atoms with E-state index in [1.54, 1.807) is 0 Å². The van der Waals surface area contributed by atoms with Crippen molar-refractivity contribution in [2.75, 3.05) is 23.3 Å². The summed E-state index contributed by atoms with van der Waals surface area (Å²) in [5.41, 5.74) is 9.13. The molecule has 138 valence electrons.